The summed E-state index contributed by atoms with van der Waals surface area (Å²) >= 11 is 0. The molecule has 1 amide bonds. The summed E-state index contributed by atoms with van der Waals surface area (Å²) in [6.07, 6.45) is 1.54. The Morgan fingerprint density at radius 3 is 2.41 bits per heavy atom. The zero-order chi connectivity index (χ0) is 16.3. The third kappa shape index (κ3) is 3.31. The summed E-state index contributed by atoms with van der Waals surface area (Å²) in [5.41, 5.74) is 12.4. The van der Waals surface area contributed by atoms with Crippen LogP contribution >= 0.6 is 0 Å². The van der Waals surface area contributed by atoms with E-state index in [1.807, 2.05) is 4.72 Å². The fraction of sp³-hybridized carbons (Fsp3) is 0.154. The van der Waals surface area contributed by atoms with Gasteiger partial charge in [-0.1, -0.05) is 19.1 Å². The highest BCUT2D eigenvalue weighted by molar-refractivity contribution is 7.90. The van der Waals surface area contributed by atoms with Crippen LogP contribution in [0.4, 0.5) is 11.8 Å². The number of nitrogens with zero attached hydrogens (tertiary/aromatic N) is 2. The normalized spacial score (nSPS) is 11.1. The van der Waals surface area contributed by atoms with E-state index >= 15 is 0 Å². The van der Waals surface area contributed by atoms with Gasteiger partial charge in [0.25, 0.3) is 10.0 Å². The van der Waals surface area contributed by atoms with Crippen molar-refractivity contribution in [2.24, 2.45) is 0 Å². The minimum absolute atomic E-state index is 0.0204. The average Bonchev–Trinajstić information content (AvgIpc) is 2.47. The second kappa shape index (κ2) is 5.98. The molecule has 2 aromatic rings. The van der Waals surface area contributed by atoms with Crippen molar-refractivity contribution in [1.29, 1.82) is 0 Å². The van der Waals surface area contributed by atoms with E-state index in [0.29, 0.717) is 11.1 Å². The van der Waals surface area contributed by atoms with Gasteiger partial charge in [-0.2, -0.15) is 4.98 Å². The molecule has 5 N–H and O–H groups in total. The van der Waals surface area contributed by atoms with E-state index in [1.54, 1.807) is 19.1 Å². The van der Waals surface area contributed by atoms with Gasteiger partial charge in [-0.05, 0) is 17.7 Å². The Labute approximate surface area is 127 Å². The molecule has 2 rings (SSSR count). The Kier molecular flexibility index (Phi) is 4.27. The van der Waals surface area contributed by atoms with E-state index in [-0.39, 0.29) is 23.1 Å². The fourth-order valence-electron chi connectivity index (χ4n) is 1.73. The number of nitrogens with one attached hydrogen (secondary N) is 1. The summed E-state index contributed by atoms with van der Waals surface area (Å²) in [7, 11) is -3.87. The van der Waals surface area contributed by atoms with Gasteiger partial charge in [-0.25, -0.2) is 18.1 Å². The Hall–Kier alpha value is -2.68. The first-order chi connectivity index (χ1) is 10.3. The van der Waals surface area contributed by atoms with Crippen molar-refractivity contribution in [1.82, 2.24) is 14.7 Å². The monoisotopic (exact) mass is 321 g/mol. The predicted molar refractivity (Wildman–Crippen MR) is 81.9 cm³/mol. The first-order valence-corrected chi connectivity index (χ1v) is 7.86. The molecule has 116 valence electrons. The van der Waals surface area contributed by atoms with Crippen LogP contribution in [-0.4, -0.2) is 24.3 Å². The van der Waals surface area contributed by atoms with Crippen LogP contribution in [0.25, 0.3) is 11.1 Å². The van der Waals surface area contributed by atoms with Crippen molar-refractivity contribution in [3.63, 3.8) is 0 Å². The lowest BCUT2D eigenvalue weighted by molar-refractivity contribution is -0.119. The van der Waals surface area contributed by atoms with Crippen LogP contribution in [0.3, 0.4) is 0 Å². The lowest BCUT2D eigenvalue weighted by Crippen LogP contribution is -2.29. The largest absolute Gasteiger partial charge is 0.383 e. The Bertz CT molecular complexity index is 803. The van der Waals surface area contributed by atoms with E-state index in [9.17, 15) is 13.2 Å². The molecular formula is C13H15N5O3S. The highest BCUT2D eigenvalue weighted by Gasteiger charge is 2.16. The Morgan fingerprint density at radius 1 is 1.23 bits per heavy atom. The van der Waals surface area contributed by atoms with E-state index in [2.05, 4.69) is 9.97 Å². The quantitative estimate of drug-likeness (QED) is 0.745. The molecule has 0 aliphatic carbocycles. The molecule has 9 heteroatoms. The highest BCUT2D eigenvalue weighted by atomic mass is 32.2. The van der Waals surface area contributed by atoms with Crippen LogP contribution in [0, 0.1) is 0 Å². The number of hydrogen-bond acceptors (Lipinski definition) is 7. The molecule has 0 atom stereocenters. The first-order valence-electron chi connectivity index (χ1n) is 6.37. The predicted octanol–water partition coefficient (Wildman–Crippen LogP) is 0.523. The molecule has 0 unspecified atom stereocenters. The summed E-state index contributed by atoms with van der Waals surface area (Å²) < 4.78 is 25.9. The minimum atomic E-state index is -3.87. The van der Waals surface area contributed by atoms with Crippen LogP contribution in [0.1, 0.15) is 13.3 Å². The van der Waals surface area contributed by atoms with Crippen molar-refractivity contribution < 1.29 is 13.2 Å². The standard InChI is InChI=1S/C13H15N5O3S/c1-2-11(19)18-22(20,21)9-5-3-8(4-6-9)10-7-16-13(15)17-12(10)14/h3-7H,2H2,1H3,(H,18,19)(H4,14,15,16,17). The van der Waals surface area contributed by atoms with Gasteiger partial charge in [0.2, 0.25) is 11.9 Å². The lowest BCUT2D eigenvalue weighted by atomic mass is 10.1. The third-order valence-electron chi connectivity index (χ3n) is 2.88. The zero-order valence-corrected chi connectivity index (χ0v) is 12.6. The van der Waals surface area contributed by atoms with Gasteiger partial charge in [-0.3, -0.25) is 4.79 Å². The van der Waals surface area contributed by atoms with Crippen LogP contribution in [0.5, 0.6) is 0 Å². The maximum atomic E-state index is 12.0. The molecule has 1 heterocycles. The number of rotatable bonds is 4. The second-order valence-corrected chi connectivity index (χ2v) is 6.12. The van der Waals surface area contributed by atoms with Gasteiger partial charge < -0.3 is 11.5 Å². The number of hydrogen-bond donors (Lipinski definition) is 3. The van der Waals surface area contributed by atoms with Gasteiger partial charge >= 0.3 is 0 Å². The number of sulfonamides is 1. The van der Waals surface area contributed by atoms with E-state index in [0.717, 1.165) is 0 Å². The molecule has 0 saturated heterocycles. The number of amides is 1. The summed E-state index contributed by atoms with van der Waals surface area (Å²) in [6, 6.07) is 5.85. The average molecular weight is 321 g/mol. The molecule has 8 nitrogen and oxygen atoms in total. The molecular weight excluding hydrogens is 306 g/mol. The van der Waals surface area contributed by atoms with Crippen molar-refractivity contribution in [3.05, 3.63) is 30.5 Å². The molecule has 0 aliphatic heterocycles. The molecule has 0 aliphatic rings. The van der Waals surface area contributed by atoms with E-state index in [4.69, 9.17) is 11.5 Å². The van der Waals surface area contributed by atoms with Crippen molar-refractivity contribution in [2.75, 3.05) is 11.5 Å². The molecule has 22 heavy (non-hydrogen) atoms. The number of nitrogens with two attached hydrogens (primary N) is 2. The highest BCUT2D eigenvalue weighted by Crippen LogP contribution is 2.25. The number of carbonyl (C=O) groups excluding carboxylic acids is 1. The maximum absolute atomic E-state index is 12.0. The summed E-state index contributed by atoms with van der Waals surface area (Å²) in [5, 5.41) is 0. The second-order valence-electron chi connectivity index (χ2n) is 4.43. The maximum Gasteiger partial charge on any atom is 0.264 e. The zero-order valence-electron chi connectivity index (χ0n) is 11.8. The minimum Gasteiger partial charge on any atom is -0.383 e. The molecule has 1 aromatic heterocycles. The number of benzene rings is 1. The topological polar surface area (TPSA) is 141 Å². The van der Waals surface area contributed by atoms with Crippen LogP contribution in [0.2, 0.25) is 0 Å². The number of anilines is 2. The van der Waals surface area contributed by atoms with Gasteiger partial charge in [0, 0.05) is 18.2 Å². The van der Waals surface area contributed by atoms with Crippen molar-refractivity contribution >= 4 is 27.7 Å². The van der Waals surface area contributed by atoms with Crippen LogP contribution < -0.4 is 16.2 Å². The third-order valence-corrected chi connectivity index (χ3v) is 4.27. The molecule has 0 saturated carbocycles. The Morgan fingerprint density at radius 2 is 1.86 bits per heavy atom. The lowest BCUT2D eigenvalue weighted by Gasteiger charge is -2.08. The van der Waals surface area contributed by atoms with Crippen molar-refractivity contribution in [3.8, 4) is 11.1 Å². The molecule has 0 fully saturated rings. The summed E-state index contributed by atoms with van der Waals surface area (Å²) in [6.45, 7) is 1.57. The number of nitrogen functional groups attached to an aromatic ring is 2. The van der Waals surface area contributed by atoms with Gasteiger partial charge in [0.05, 0.1) is 4.90 Å². The van der Waals surface area contributed by atoms with Gasteiger partial charge in [0.15, 0.2) is 0 Å². The number of carbonyl (C=O) groups is 1. The summed E-state index contributed by atoms with van der Waals surface area (Å²) in [4.78, 5) is 18.9. The molecule has 0 bridgehead atoms. The SMILES string of the molecule is CCC(=O)NS(=O)(=O)c1ccc(-c2cnc(N)nc2N)cc1. The molecule has 0 spiro atoms. The van der Waals surface area contributed by atoms with Crippen LogP contribution in [0.15, 0.2) is 35.4 Å². The first kappa shape index (κ1) is 15.7. The summed E-state index contributed by atoms with van der Waals surface area (Å²) in [5.74, 6) is -0.314. The van der Waals surface area contributed by atoms with Gasteiger partial charge in [-0.15, -0.1) is 0 Å². The van der Waals surface area contributed by atoms with Gasteiger partial charge in [0.1, 0.15) is 5.82 Å². The molecule has 1 aromatic carbocycles. The van der Waals surface area contributed by atoms with E-state index in [1.165, 1.54) is 18.3 Å². The smallest absolute Gasteiger partial charge is 0.264 e. The van der Waals surface area contributed by atoms with Crippen LogP contribution in [-0.2, 0) is 14.8 Å². The van der Waals surface area contributed by atoms with E-state index < -0.39 is 15.9 Å². The van der Waals surface area contributed by atoms with Crippen molar-refractivity contribution in [2.45, 2.75) is 18.2 Å². The number of aromatic nitrogens is 2. The molecule has 0 radical (unpaired) electrons. The fourth-order valence-corrected chi connectivity index (χ4v) is 2.78. The Balaban J connectivity index is 2.33.